The van der Waals surface area contributed by atoms with Crippen molar-refractivity contribution in [2.75, 3.05) is 65.4 Å². The molecule has 4 atom stereocenters. The van der Waals surface area contributed by atoms with Gasteiger partial charge in [0.05, 0.1) is 60.4 Å². The Hall–Kier alpha value is -7.26. The van der Waals surface area contributed by atoms with Crippen LogP contribution in [0.3, 0.4) is 0 Å². The van der Waals surface area contributed by atoms with E-state index in [0.717, 1.165) is 80.7 Å². The third-order valence-corrected chi connectivity index (χ3v) is 18.6. The summed E-state index contributed by atoms with van der Waals surface area (Å²) in [5.74, 6) is -3.20. The van der Waals surface area contributed by atoms with Gasteiger partial charge in [-0.25, -0.2) is 37.1 Å². The molecule has 6 heterocycles. The van der Waals surface area contributed by atoms with Crippen molar-refractivity contribution in [3.05, 3.63) is 177 Å². The predicted octanol–water partition coefficient (Wildman–Crippen LogP) is 7.90. The number of benzene rings is 4. The van der Waals surface area contributed by atoms with Crippen LogP contribution in [0.2, 0.25) is 0 Å². The average molecular weight is 1130 g/mol. The number of aliphatic hydroxyl groups is 2. The maximum absolute atomic E-state index is 14.1. The first-order valence-electron chi connectivity index (χ1n) is 28.7. The standard InChI is InChI=1S/2C31H35F2N5O3/c32-24-9-8-23(16-25(24)33)27-18-34-13-15-38(27)29(40)36-14-12-31(41,30(19-36)10-4-5-11-30)20-37-21-35-26(17-28(37)39)22-6-2-1-3-7-22;32-24-14-23(15-25(33)16-24)27-18-34-11-13-38(27)29(40)36-12-10-31(41,30(19-36)8-4-5-9-30)20-37-21-35-26(17-28(37)39)22-6-2-1-3-7-22/h1-3,6-9,16-17,21,27,34,41H,4-5,10-15,18-20H2;1-3,6-7,14-17,21,27,34,41H,4-5,8-13,18-20H2/t2*27?,31-/m11/s1. The van der Waals surface area contributed by atoms with E-state index in [-0.39, 0.29) is 36.3 Å². The minimum atomic E-state index is -1.19. The summed E-state index contributed by atoms with van der Waals surface area (Å²) in [6.45, 7) is 4.46. The number of piperazine rings is 2. The number of carbonyl (C=O) groups excluding carboxylic acids is 2. The summed E-state index contributed by atoms with van der Waals surface area (Å²) < 4.78 is 58.7. The summed E-state index contributed by atoms with van der Waals surface area (Å²) in [5.41, 5.74) is -0.114. The van der Waals surface area contributed by atoms with E-state index >= 15 is 0 Å². The van der Waals surface area contributed by atoms with E-state index in [4.69, 9.17) is 0 Å². The van der Waals surface area contributed by atoms with E-state index in [1.807, 2.05) is 60.7 Å². The number of carbonyl (C=O) groups is 2. The Bertz CT molecular complexity index is 3380. The molecule has 82 heavy (non-hydrogen) atoms. The molecule has 6 fully saturated rings. The van der Waals surface area contributed by atoms with Crippen molar-refractivity contribution in [3.8, 4) is 22.5 Å². The third-order valence-electron chi connectivity index (χ3n) is 18.6. The Morgan fingerprint density at radius 3 is 1.39 bits per heavy atom. The molecule has 6 aliphatic rings. The van der Waals surface area contributed by atoms with Crippen LogP contribution in [0.5, 0.6) is 0 Å². The van der Waals surface area contributed by atoms with Crippen LogP contribution >= 0.6 is 0 Å². The van der Waals surface area contributed by atoms with Crippen LogP contribution in [0.4, 0.5) is 27.2 Å². The maximum Gasteiger partial charge on any atom is 0.320 e. The summed E-state index contributed by atoms with van der Waals surface area (Å²) in [4.78, 5) is 70.1. The molecule has 0 radical (unpaired) electrons. The number of urea groups is 2. The summed E-state index contributed by atoms with van der Waals surface area (Å²) in [7, 11) is 0. The van der Waals surface area contributed by atoms with Crippen LogP contribution in [0.15, 0.2) is 131 Å². The number of nitrogens with zero attached hydrogens (tertiary/aromatic N) is 8. The van der Waals surface area contributed by atoms with Crippen molar-refractivity contribution in [1.29, 1.82) is 0 Å². The number of hydrogen-bond donors (Lipinski definition) is 4. The SMILES string of the molecule is O=C(N1CC[C@@](O)(Cn2cnc(-c3ccccc3)cc2=O)C2(CCCC2)C1)N1CCNCC1c1cc(F)cc(F)c1.O=C(N1CC[C@@](O)(Cn2cnc(-c3ccccc3)cc2=O)C2(CCCC2)C1)N1CCNCC1c1ccc(F)c(F)c1. The van der Waals surface area contributed by atoms with E-state index < -0.39 is 57.4 Å². The fraction of sp³-hybridized carbons (Fsp3) is 0.452. The molecule has 4 aromatic carbocycles. The maximum atomic E-state index is 14.1. The van der Waals surface area contributed by atoms with Crippen molar-refractivity contribution in [3.63, 3.8) is 0 Å². The van der Waals surface area contributed by atoms with Gasteiger partial charge in [0.15, 0.2) is 11.6 Å². The second-order valence-electron chi connectivity index (χ2n) is 23.4. The predicted molar refractivity (Wildman–Crippen MR) is 300 cm³/mol. The first-order chi connectivity index (χ1) is 39.6. The molecule has 2 unspecified atom stereocenters. The molecule has 4 aliphatic heterocycles. The van der Waals surface area contributed by atoms with E-state index in [1.165, 1.54) is 52.1 Å². The minimum absolute atomic E-state index is 0.106. The van der Waals surface area contributed by atoms with Crippen molar-refractivity contribution in [1.82, 2.24) is 49.3 Å². The Balaban J connectivity index is 0.000000172. The molecular weight excluding hydrogens is 1060 g/mol. The Morgan fingerprint density at radius 2 is 0.963 bits per heavy atom. The number of halogens is 4. The van der Waals surface area contributed by atoms with Crippen molar-refractivity contribution < 1.29 is 37.4 Å². The molecular formula is C62H70F4N10O6. The molecule has 0 bridgehead atoms. The second kappa shape index (κ2) is 23.5. The van der Waals surface area contributed by atoms with Crippen LogP contribution in [0.1, 0.15) is 87.4 Å². The number of amides is 4. The lowest BCUT2D eigenvalue weighted by Gasteiger charge is -2.53. The van der Waals surface area contributed by atoms with Gasteiger partial charge in [-0.1, -0.05) is 92.4 Å². The fourth-order valence-electron chi connectivity index (χ4n) is 14.0. The van der Waals surface area contributed by atoms with Crippen LogP contribution in [0.25, 0.3) is 22.5 Å². The lowest BCUT2D eigenvalue weighted by atomic mass is 9.66. The Kier molecular flexibility index (Phi) is 16.2. The highest BCUT2D eigenvalue weighted by atomic mass is 19.2. The van der Waals surface area contributed by atoms with Crippen molar-refractivity contribution in [2.24, 2.45) is 10.8 Å². The van der Waals surface area contributed by atoms with E-state index in [0.29, 0.717) is 101 Å². The smallest absolute Gasteiger partial charge is 0.320 e. The van der Waals surface area contributed by atoms with Crippen molar-refractivity contribution >= 4 is 12.1 Å². The molecule has 432 valence electrons. The highest BCUT2D eigenvalue weighted by Gasteiger charge is 2.58. The van der Waals surface area contributed by atoms with Crippen LogP contribution in [-0.4, -0.2) is 138 Å². The minimum Gasteiger partial charge on any atom is -0.387 e. The molecule has 6 aromatic rings. The van der Waals surface area contributed by atoms with Crippen LogP contribution in [0, 0.1) is 34.1 Å². The van der Waals surface area contributed by atoms with Gasteiger partial charge in [0.1, 0.15) is 11.6 Å². The number of likely N-dealkylation sites (tertiary alicyclic amines) is 2. The van der Waals surface area contributed by atoms with Gasteiger partial charge < -0.3 is 40.4 Å². The molecule has 2 aliphatic carbocycles. The highest BCUT2D eigenvalue weighted by Crippen LogP contribution is 2.53. The van der Waals surface area contributed by atoms with Gasteiger partial charge in [-0.15, -0.1) is 0 Å². The van der Waals surface area contributed by atoms with Crippen molar-refractivity contribution in [2.45, 2.75) is 101 Å². The Labute approximate surface area is 473 Å². The second-order valence-corrected chi connectivity index (χ2v) is 23.4. The molecule has 4 amide bonds. The summed E-state index contributed by atoms with van der Waals surface area (Å²) >= 11 is 0. The van der Waals surface area contributed by atoms with Gasteiger partial charge in [0.25, 0.3) is 11.1 Å². The van der Waals surface area contributed by atoms with Gasteiger partial charge in [0.2, 0.25) is 0 Å². The number of rotatable bonds is 8. The number of hydrogen-bond acceptors (Lipinski definition) is 10. The largest absolute Gasteiger partial charge is 0.387 e. The number of piperidine rings is 2. The highest BCUT2D eigenvalue weighted by molar-refractivity contribution is 5.76. The topological polar surface area (TPSA) is 181 Å². The quantitative estimate of drug-likeness (QED) is 0.109. The summed E-state index contributed by atoms with van der Waals surface area (Å²) in [5, 5.41) is 30.8. The molecule has 12 rings (SSSR count). The lowest BCUT2D eigenvalue weighted by molar-refractivity contribution is -0.137. The Morgan fingerprint density at radius 1 is 0.524 bits per heavy atom. The van der Waals surface area contributed by atoms with E-state index in [1.54, 1.807) is 19.6 Å². The van der Waals surface area contributed by atoms with Crippen LogP contribution in [-0.2, 0) is 13.1 Å². The van der Waals surface area contributed by atoms with Gasteiger partial charge in [-0.3, -0.25) is 18.7 Å². The third kappa shape index (κ3) is 11.3. The van der Waals surface area contributed by atoms with E-state index in [9.17, 15) is 47.0 Å². The molecule has 4 saturated heterocycles. The molecule has 16 nitrogen and oxygen atoms in total. The molecule has 4 N–H and O–H groups in total. The number of nitrogens with one attached hydrogen (secondary N) is 2. The molecule has 2 spiro atoms. The zero-order chi connectivity index (χ0) is 57.2. The lowest BCUT2D eigenvalue weighted by Crippen LogP contribution is -2.64. The fourth-order valence-corrected chi connectivity index (χ4v) is 14.0. The summed E-state index contributed by atoms with van der Waals surface area (Å²) in [6, 6.07) is 27.9. The molecule has 2 saturated carbocycles. The van der Waals surface area contributed by atoms with E-state index in [2.05, 4.69) is 20.6 Å². The first kappa shape index (κ1) is 56.6. The normalized spacial score (nSPS) is 24.1. The van der Waals surface area contributed by atoms with Crippen LogP contribution < -0.4 is 21.8 Å². The summed E-state index contributed by atoms with van der Waals surface area (Å²) in [6.07, 6.45) is 10.4. The van der Waals surface area contributed by atoms with Gasteiger partial charge in [-0.2, -0.15) is 0 Å². The first-order valence-corrected chi connectivity index (χ1v) is 28.7. The zero-order valence-corrected chi connectivity index (χ0v) is 45.9. The van der Waals surface area contributed by atoms with Gasteiger partial charge in [-0.05, 0) is 73.9 Å². The number of aromatic nitrogens is 4. The monoisotopic (exact) mass is 1130 g/mol. The van der Waals surface area contributed by atoms with Gasteiger partial charge in [0, 0.05) is 106 Å². The molecule has 2 aromatic heterocycles. The zero-order valence-electron chi connectivity index (χ0n) is 45.9. The van der Waals surface area contributed by atoms with Gasteiger partial charge >= 0.3 is 12.1 Å². The molecule has 20 heteroatoms. The average Bonchev–Trinajstić information content (AvgIpc) is 3.79.